The fourth-order valence-corrected chi connectivity index (χ4v) is 3.41. The van der Waals surface area contributed by atoms with Crippen LogP contribution in [-0.4, -0.2) is 17.4 Å². The predicted octanol–water partition coefficient (Wildman–Crippen LogP) is 3.31. The quantitative estimate of drug-likeness (QED) is 0.803. The normalized spacial score (nSPS) is 12.5. The van der Waals surface area contributed by atoms with E-state index in [9.17, 15) is 4.79 Å². The van der Waals surface area contributed by atoms with Crippen LogP contribution >= 0.6 is 0 Å². The third-order valence-corrected chi connectivity index (χ3v) is 4.54. The van der Waals surface area contributed by atoms with Crippen molar-refractivity contribution in [2.24, 2.45) is 0 Å². The van der Waals surface area contributed by atoms with Crippen LogP contribution in [0.25, 0.3) is 10.8 Å². The van der Waals surface area contributed by atoms with Gasteiger partial charge in [0.05, 0.1) is 0 Å². The minimum atomic E-state index is 0.00416. The summed E-state index contributed by atoms with van der Waals surface area (Å²) in [6, 6.07) is 14.3. The molecule has 0 fully saturated rings. The number of nitrogens with one attached hydrogen (secondary N) is 1. The molecule has 0 radical (unpaired) electrons. The number of nitrogens with zero attached hydrogens (tertiary/aromatic N) is 1. The summed E-state index contributed by atoms with van der Waals surface area (Å²) in [6.07, 6.45) is 6.55. The van der Waals surface area contributed by atoms with Gasteiger partial charge in [0.1, 0.15) is 0 Å². The summed E-state index contributed by atoms with van der Waals surface area (Å²) in [7, 11) is 0. The first-order valence-corrected chi connectivity index (χ1v) is 8.03. The molecule has 1 aliphatic carbocycles. The zero-order valence-corrected chi connectivity index (χ0v) is 12.9. The van der Waals surface area contributed by atoms with Gasteiger partial charge in [-0.1, -0.05) is 30.3 Å². The van der Waals surface area contributed by atoms with Crippen molar-refractivity contribution >= 4 is 16.7 Å². The first kappa shape index (κ1) is 13.9. The molecule has 3 heteroatoms. The van der Waals surface area contributed by atoms with Crippen molar-refractivity contribution in [2.75, 3.05) is 6.54 Å². The number of aromatic nitrogens is 1. The van der Waals surface area contributed by atoms with Gasteiger partial charge in [0.2, 0.25) is 0 Å². The number of pyridine rings is 1. The molecule has 2 aromatic carbocycles. The number of benzene rings is 2. The molecule has 3 nitrogen and oxygen atoms in total. The molecule has 0 saturated carbocycles. The van der Waals surface area contributed by atoms with E-state index in [1.807, 2.05) is 24.4 Å². The third kappa shape index (κ3) is 2.59. The Morgan fingerprint density at radius 2 is 1.91 bits per heavy atom. The molecule has 1 amide bonds. The van der Waals surface area contributed by atoms with Gasteiger partial charge in [0, 0.05) is 24.5 Å². The molecule has 1 N–H and O–H groups in total. The standard InChI is InChI=1S/C20H18N2O/c23-20(22-12-10-14-3-2-11-21-13-14)18-9-8-16-7-6-15-4-1-5-17(18)19(15)16/h1-5,8-9,11,13H,6-7,10,12H2,(H,22,23). The molecular formula is C20H18N2O. The number of aryl methyl sites for hydroxylation is 2. The second kappa shape index (κ2) is 5.84. The molecule has 1 aromatic heterocycles. The van der Waals surface area contributed by atoms with Crippen LogP contribution in [0.4, 0.5) is 0 Å². The first-order valence-electron chi connectivity index (χ1n) is 8.03. The summed E-state index contributed by atoms with van der Waals surface area (Å²) in [5.41, 5.74) is 4.64. The average molecular weight is 302 g/mol. The summed E-state index contributed by atoms with van der Waals surface area (Å²) in [4.78, 5) is 16.7. The summed E-state index contributed by atoms with van der Waals surface area (Å²) in [5, 5.41) is 5.40. The number of hydrogen-bond donors (Lipinski definition) is 1. The SMILES string of the molecule is O=C(NCCc1cccnc1)c1ccc2c3c(cccc13)CC2. The Morgan fingerprint density at radius 3 is 2.74 bits per heavy atom. The van der Waals surface area contributed by atoms with Gasteiger partial charge in [-0.05, 0) is 58.9 Å². The van der Waals surface area contributed by atoms with Crippen LogP contribution < -0.4 is 5.32 Å². The van der Waals surface area contributed by atoms with Crippen molar-refractivity contribution in [2.45, 2.75) is 19.3 Å². The lowest BCUT2D eigenvalue weighted by Gasteiger charge is -2.10. The van der Waals surface area contributed by atoms with E-state index < -0.39 is 0 Å². The maximum Gasteiger partial charge on any atom is 0.251 e. The van der Waals surface area contributed by atoms with Gasteiger partial charge in [0.25, 0.3) is 5.91 Å². The van der Waals surface area contributed by atoms with Gasteiger partial charge in [-0.2, -0.15) is 0 Å². The smallest absolute Gasteiger partial charge is 0.251 e. The minimum Gasteiger partial charge on any atom is -0.352 e. The van der Waals surface area contributed by atoms with E-state index in [2.05, 4.69) is 34.6 Å². The number of carbonyl (C=O) groups is 1. The van der Waals surface area contributed by atoms with Gasteiger partial charge in [0.15, 0.2) is 0 Å². The van der Waals surface area contributed by atoms with Crippen LogP contribution in [-0.2, 0) is 19.3 Å². The second-order valence-electron chi connectivity index (χ2n) is 5.98. The highest BCUT2D eigenvalue weighted by molar-refractivity contribution is 6.09. The fourth-order valence-electron chi connectivity index (χ4n) is 3.41. The molecule has 0 aliphatic heterocycles. The first-order chi connectivity index (χ1) is 11.3. The van der Waals surface area contributed by atoms with Gasteiger partial charge in [-0.15, -0.1) is 0 Å². The number of rotatable bonds is 4. The molecule has 0 atom stereocenters. The zero-order valence-electron chi connectivity index (χ0n) is 12.9. The average Bonchev–Trinajstić information content (AvgIpc) is 3.01. The molecule has 0 spiro atoms. The Balaban J connectivity index is 1.54. The van der Waals surface area contributed by atoms with E-state index >= 15 is 0 Å². The zero-order chi connectivity index (χ0) is 15.6. The van der Waals surface area contributed by atoms with E-state index in [-0.39, 0.29) is 5.91 Å². The summed E-state index contributed by atoms with van der Waals surface area (Å²) in [5.74, 6) is 0.00416. The lowest BCUT2D eigenvalue weighted by molar-refractivity contribution is 0.0956. The van der Waals surface area contributed by atoms with Crippen LogP contribution in [0.2, 0.25) is 0 Å². The maximum atomic E-state index is 12.6. The van der Waals surface area contributed by atoms with Crippen LogP contribution in [0.5, 0.6) is 0 Å². The fraction of sp³-hybridized carbons (Fsp3) is 0.200. The lowest BCUT2D eigenvalue weighted by Crippen LogP contribution is -2.26. The Morgan fingerprint density at radius 1 is 1.04 bits per heavy atom. The van der Waals surface area contributed by atoms with Crippen molar-refractivity contribution in [1.29, 1.82) is 0 Å². The number of amides is 1. The van der Waals surface area contributed by atoms with Gasteiger partial charge < -0.3 is 5.32 Å². The molecule has 1 aliphatic rings. The summed E-state index contributed by atoms with van der Waals surface area (Å²) >= 11 is 0. The molecule has 4 rings (SSSR count). The van der Waals surface area contributed by atoms with E-state index in [1.165, 1.54) is 16.5 Å². The predicted molar refractivity (Wildman–Crippen MR) is 91.6 cm³/mol. The largest absolute Gasteiger partial charge is 0.352 e. The monoisotopic (exact) mass is 302 g/mol. The topological polar surface area (TPSA) is 42.0 Å². The van der Waals surface area contributed by atoms with E-state index in [4.69, 9.17) is 0 Å². The van der Waals surface area contributed by atoms with E-state index in [0.717, 1.165) is 35.8 Å². The molecule has 3 aromatic rings. The van der Waals surface area contributed by atoms with Gasteiger partial charge in [-0.3, -0.25) is 9.78 Å². The molecule has 0 saturated heterocycles. The van der Waals surface area contributed by atoms with Crippen molar-refractivity contribution in [3.8, 4) is 0 Å². The molecule has 114 valence electrons. The summed E-state index contributed by atoms with van der Waals surface area (Å²) in [6.45, 7) is 0.619. The van der Waals surface area contributed by atoms with Crippen LogP contribution in [0.1, 0.15) is 27.0 Å². The highest BCUT2D eigenvalue weighted by Crippen LogP contribution is 2.32. The highest BCUT2D eigenvalue weighted by atomic mass is 16.1. The molecule has 0 bridgehead atoms. The van der Waals surface area contributed by atoms with Gasteiger partial charge in [-0.25, -0.2) is 0 Å². The molecule has 0 unspecified atom stereocenters. The van der Waals surface area contributed by atoms with Crippen LogP contribution in [0.3, 0.4) is 0 Å². The summed E-state index contributed by atoms with van der Waals surface area (Å²) < 4.78 is 0. The Bertz CT molecular complexity index is 861. The maximum absolute atomic E-state index is 12.6. The molecule has 23 heavy (non-hydrogen) atoms. The number of hydrogen-bond acceptors (Lipinski definition) is 2. The minimum absolute atomic E-state index is 0.00416. The second-order valence-corrected chi connectivity index (χ2v) is 5.98. The van der Waals surface area contributed by atoms with Crippen molar-refractivity contribution in [3.05, 3.63) is 77.1 Å². The Labute approximate surface area is 135 Å². The van der Waals surface area contributed by atoms with E-state index in [1.54, 1.807) is 6.20 Å². The highest BCUT2D eigenvalue weighted by Gasteiger charge is 2.18. The van der Waals surface area contributed by atoms with Crippen molar-refractivity contribution < 1.29 is 4.79 Å². The van der Waals surface area contributed by atoms with Gasteiger partial charge >= 0.3 is 0 Å². The van der Waals surface area contributed by atoms with Crippen molar-refractivity contribution in [1.82, 2.24) is 10.3 Å². The molecule has 1 heterocycles. The van der Waals surface area contributed by atoms with Crippen molar-refractivity contribution in [3.63, 3.8) is 0 Å². The molecular weight excluding hydrogens is 284 g/mol. The van der Waals surface area contributed by atoms with Crippen LogP contribution in [0.15, 0.2) is 54.9 Å². The number of carbonyl (C=O) groups excluding carboxylic acids is 1. The third-order valence-electron chi connectivity index (χ3n) is 4.54. The lowest BCUT2D eigenvalue weighted by atomic mass is 9.99. The Kier molecular flexibility index (Phi) is 3.54. The van der Waals surface area contributed by atoms with E-state index in [0.29, 0.717) is 6.54 Å². The Hall–Kier alpha value is -2.68. The van der Waals surface area contributed by atoms with Crippen LogP contribution in [0, 0.1) is 0 Å².